The largest absolute Gasteiger partial charge is 0.827 e. The number of nitrogens with zero attached hydrogens (tertiary/aromatic N) is 2. The summed E-state index contributed by atoms with van der Waals surface area (Å²) in [6.45, 7) is 6.26. The van der Waals surface area contributed by atoms with Gasteiger partial charge in [-0.15, -0.1) is 0 Å². The molecule has 1 aliphatic carbocycles. The number of hydrogen-bond acceptors (Lipinski definition) is 2. The Morgan fingerprint density at radius 3 is 1.79 bits per heavy atom. The molecule has 0 saturated carbocycles. The molecule has 0 radical (unpaired) electrons. The third kappa shape index (κ3) is 8.72. The maximum absolute atomic E-state index is 14.0. The average Bonchev–Trinajstić information content (AvgIpc) is 3.70. The fourth-order valence-corrected chi connectivity index (χ4v) is 9.24. The first-order valence-electron chi connectivity index (χ1n) is 22.4. The van der Waals surface area contributed by atoms with Gasteiger partial charge in [-0.3, -0.25) is 0 Å². The van der Waals surface area contributed by atoms with Crippen LogP contribution in [0.25, 0.3) is 38.5 Å². The smallest absolute Gasteiger partial charge is 0.348 e. The first-order chi connectivity index (χ1) is 27.6. The van der Waals surface area contributed by atoms with E-state index < -0.39 is 0 Å². The molecule has 0 saturated heterocycles. The fraction of sp³-hybridized carbons (Fsp3) is 0.462. The molecule has 0 atom stereocenters. The van der Waals surface area contributed by atoms with E-state index in [9.17, 15) is 9.90 Å². The van der Waals surface area contributed by atoms with Crippen molar-refractivity contribution in [2.75, 3.05) is 6.54 Å². The number of aromatic nitrogens is 1. The second kappa shape index (κ2) is 19.6. The molecule has 7 rings (SSSR count). The summed E-state index contributed by atoms with van der Waals surface area (Å²) in [4.78, 5) is 14.0. The van der Waals surface area contributed by atoms with E-state index in [4.69, 9.17) is 0 Å². The van der Waals surface area contributed by atoms with Crippen molar-refractivity contribution in [3.8, 4) is 0 Å². The quantitative estimate of drug-likeness (QED) is 0.0273. The Kier molecular flexibility index (Phi) is 13.9. The molecule has 292 valence electrons. The molecule has 4 nitrogen and oxygen atoms in total. The van der Waals surface area contributed by atoms with Crippen LogP contribution in [-0.4, -0.2) is 27.2 Å². The summed E-state index contributed by atoms with van der Waals surface area (Å²) in [5.74, 6) is -0.391. The molecule has 0 N–H and O–H groups in total. The molecule has 4 heteroatoms. The first-order valence-corrected chi connectivity index (χ1v) is 22.4. The highest BCUT2D eigenvalue weighted by molar-refractivity contribution is 6.28. The van der Waals surface area contributed by atoms with Gasteiger partial charge in [0.25, 0.3) is 5.78 Å². The fourth-order valence-electron chi connectivity index (χ4n) is 9.24. The topological polar surface area (TPSA) is 48.1 Å². The molecule has 0 bridgehead atoms. The van der Waals surface area contributed by atoms with Crippen LogP contribution in [-0.2, 0) is 11.3 Å². The van der Waals surface area contributed by atoms with Crippen LogP contribution in [0.4, 0.5) is 5.69 Å². The van der Waals surface area contributed by atoms with Crippen molar-refractivity contribution in [1.29, 1.82) is 0 Å². The van der Waals surface area contributed by atoms with E-state index in [1.165, 1.54) is 143 Å². The van der Waals surface area contributed by atoms with Gasteiger partial charge in [0, 0.05) is 41.1 Å². The van der Waals surface area contributed by atoms with Crippen LogP contribution in [0.5, 0.6) is 0 Å². The number of carbonyl (C=O) groups excluding carboxylic acids is 1. The number of unbranched alkanes of at least 4 members (excludes halogenated alkanes) is 18. The van der Waals surface area contributed by atoms with Gasteiger partial charge in [-0.05, 0) is 41.8 Å². The summed E-state index contributed by atoms with van der Waals surface area (Å²) >= 11 is 0. The van der Waals surface area contributed by atoms with Crippen molar-refractivity contribution < 1.29 is 14.5 Å². The van der Waals surface area contributed by atoms with Crippen LogP contribution in [0.1, 0.15) is 148 Å². The van der Waals surface area contributed by atoms with E-state index in [-0.39, 0.29) is 22.7 Å². The number of carbonyl (C=O) groups is 1. The van der Waals surface area contributed by atoms with Crippen LogP contribution in [0.3, 0.4) is 0 Å². The lowest BCUT2D eigenvalue weighted by molar-refractivity contribution is -0.436. The minimum atomic E-state index is -0.195. The van der Waals surface area contributed by atoms with Crippen molar-refractivity contribution in [3.05, 3.63) is 107 Å². The maximum Gasteiger partial charge on any atom is 0.348 e. The predicted octanol–water partition coefficient (Wildman–Crippen LogP) is 12.4. The van der Waals surface area contributed by atoms with E-state index in [0.717, 1.165) is 53.6 Å². The Balaban J connectivity index is 1.11. The van der Waals surface area contributed by atoms with Crippen LogP contribution in [0, 0.1) is 6.08 Å². The van der Waals surface area contributed by atoms with E-state index >= 15 is 0 Å². The molecule has 2 aliphatic rings. The molecule has 4 aromatic carbocycles. The van der Waals surface area contributed by atoms with Gasteiger partial charge in [0.1, 0.15) is 22.6 Å². The van der Waals surface area contributed by atoms with Gasteiger partial charge in [0.2, 0.25) is 11.3 Å². The molecular formula is C52H63N2O2+. The van der Waals surface area contributed by atoms with Crippen molar-refractivity contribution in [2.24, 2.45) is 0 Å². The van der Waals surface area contributed by atoms with Crippen LogP contribution in [0.15, 0.2) is 89.7 Å². The highest BCUT2D eigenvalue weighted by Gasteiger charge is 2.42. The molecule has 0 amide bonds. The lowest BCUT2D eigenvalue weighted by Crippen LogP contribution is -2.32. The number of hydrogen-bond donors (Lipinski definition) is 0. The molecule has 0 unspecified atom stereocenters. The lowest BCUT2D eigenvalue weighted by Gasteiger charge is -2.18. The molecule has 5 aromatic rings. The SMILES string of the molecule is CCCCCCCCCCCCn1/c(=C/C2=C([O-])C(=[C+]C3=[N+](CCCCCCCCCCCC)c4cccc5cccc3c45)C2=O)c2cccc3cccc1c32. The number of Topliss-reactive ketones (excluding diaryl/α,β-unsaturated/α-hetero) is 1. The number of ketones is 1. The Hall–Kier alpha value is -4.53. The van der Waals surface area contributed by atoms with E-state index in [1.807, 2.05) is 6.08 Å². The van der Waals surface area contributed by atoms with Gasteiger partial charge >= 0.3 is 5.71 Å². The summed E-state index contributed by atoms with van der Waals surface area (Å²) in [6, 6.07) is 25.6. The minimum absolute atomic E-state index is 0.180. The van der Waals surface area contributed by atoms with Crippen molar-refractivity contribution in [3.63, 3.8) is 0 Å². The third-order valence-electron chi connectivity index (χ3n) is 12.4. The Morgan fingerprint density at radius 1 is 0.625 bits per heavy atom. The normalized spacial score (nSPS) is 15.1. The first kappa shape index (κ1) is 39.7. The number of aryl methyl sites for hydroxylation is 1. The average molecular weight is 748 g/mol. The van der Waals surface area contributed by atoms with Gasteiger partial charge < -0.3 is 9.67 Å². The van der Waals surface area contributed by atoms with E-state index in [0.29, 0.717) is 0 Å². The Labute approximate surface area is 335 Å². The lowest BCUT2D eigenvalue weighted by atomic mass is 9.86. The standard InChI is InChI=1S/C52H63N2O2/c1-3-5-7-9-11-13-15-17-19-21-35-53-45-33-25-29-39-27-23-31-41(49(39)45)47(53)37-43-51(55)44(52(43)56)38-48-42-32-24-28-40-30-26-34-46(50(40)42)54(48)36-22-20-18-16-14-12-10-8-6-4-2/h23-34,37H,3-22,35-36H2,1-2H3/q+1. The summed E-state index contributed by atoms with van der Waals surface area (Å²) in [5.41, 5.74) is 4.71. The molecule has 0 fully saturated rings. The Morgan fingerprint density at radius 2 is 1.16 bits per heavy atom. The van der Waals surface area contributed by atoms with E-state index in [2.05, 4.69) is 102 Å². The zero-order valence-electron chi connectivity index (χ0n) is 34.3. The number of benzene rings is 4. The van der Waals surface area contributed by atoms with Gasteiger partial charge in [0.05, 0.1) is 5.35 Å². The zero-order valence-corrected chi connectivity index (χ0v) is 34.3. The van der Waals surface area contributed by atoms with Crippen molar-refractivity contribution in [2.45, 2.75) is 149 Å². The number of rotatable bonds is 24. The molecule has 1 aromatic heterocycles. The van der Waals surface area contributed by atoms with Crippen LogP contribution < -0.4 is 10.5 Å². The van der Waals surface area contributed by atoms with Crippen LogP contribution in [0.2, 0.25) is 0 Å². The molecule has 0 spiro atoms. The molecule has 2 heterocycles. The van der Waals surface area contributed by atoms with Gasteiger partial charge in [-0.1, -0.05) is 178 Å². The van der Waals surface area contributed by atoms with Crippen LogP contribution >= 0.6 is 0 Å². The third-order valence-corrected chi connectivity index (χ3v) is 12.4. The van der Waals surface area contributed by atoms with E-state index in [1.54, 1.807) is 0 Å². The molecule has 56 heavy (non-hydrogen) atoms. The summed E-state index contributed by atoms with van der Waals surface area (Å²) in [6.07, 6.45) is 31.0. The minimum Gasteiger partial charge on any atom is -0.827 e. The summed E-state index contributed by atoms with van der Waals surface area (Å²) in [7, 11) is 0. The predicted molar refractivity (Wildman–Crippen MR) is 234 cm³/mol. The highest BCUT2D eigenvalue weighted by atomic mass is 16.3. The second-order valence-corrected chi connectivity index (χ2v) is 16.5. The number of allylic oxidation sites excluding steroid dienone is 3. The van der Waals surface area contributed by atoms with Gasteiger partial charge in [-0.25, -0.2) is 4.79 Å². The van der Waals surface area contributed by atoms with Crippen molar-refractivity contribution >= 4 is 55.7 Å². The highest BCUT2D eigenvalue weighted by Crippen LogP contribution is 2.37. The molecular weight excluding hydrogens is 685 g/mol. The second-order valence-electron chi connectivity index (χ2n) is 16.5. The zero-order chi connectivity index (χ0) is 38.7. The maximum atomic E-state index is 14.0. The van der Waals surface area contributed by atoms with Gasteiger partial charge in [0.15, 0.2) is 6.54 Å². The Bertz CT molecular complexity index is 2270. The monoisotopic (exact) mass is 747 g/mol. The van der Waals surface area contributed by atoms with Crippen molar-refractivity contribution in [1.82, 2.24) is 4.57 Å². The summed E-state index contributed by atoms with van der Waals surface area (Å²) < 4.78 is 4.67. The molecule has 1 aliphatic heterocycles. The van der Waals surface area contributed by atoms with Gasteiger partial charge in [-0.2, -0.15) is 4.58 Å². The summed E-state index contributed by atoms with van der Waals surface area (Å²) in [5, 5.41) is 20.9.